The number of aromatic nitrogens is 3. The quantitative estimate of drug-likeness (QED) is 0.841. The number of nitrogens with one attached hydrogen (secondary N) is 1. The van der Waals surface area contributed by atoms with Crippen molar-refractivity contribution in [3.05, 3.63) is 28.5 Å². The summed E-state index contributed by atoms with van der Waals surface area (Å²) in [5.41, 5.74) is 6.03. The molecular formula is C11H14ClF2N5OS. The first-order chi connectivity index (χ1) is 9.58. The highest BCUT2D eigenvalue weighted by molar-refractivity contribution is 7.09. The number of anilines is 1. The van der Waals surface area contributed by atoms with E-state index < -0.39 is 18.9 Å². The van der Waals surface area contributed by atoms with Crippen LogP contribution in [0.3, 0.4) is 0 Å². The monoisotopic (exact) mass is 337 g/mol. The maximum absolute atomic E-state index is 12.2. The van der Waals surface area contributed by atoms with Gasteiger partial charge in [-0.05, 0) is 6.54 Å². The number of amides is 1. The normalized spacial score (nSPS) is 10.5. The van der Waals surface area contributed by atoms with Gasteiger partial charge in [0.05, 0.1) is 16.9 Å². The second kappa shape index (κ2) is 8.01. The fourth-order valence-electron chi connectivity index (χ4n) is 1.52. The van der Waals surface area contributed by atoms with Crippen molar-refractivity contribution in [2.45, 2.75) is 19.4 Å². The summed E-state index contributed by atoms with van der Waals surface area (Å²) >= 11 is 1.35. The summed E-state index contributed by atoms with van der Waals surface area (Å²) in [7, 11) is 0. The molecule has 3 N–H and O–H groups in total. The largest absolute Gasteiger partial charge is 0.330 e. The highest BCUT2D eigenvalue weighted by Crippen LogP contribution is 2.13. The molecule has 21 heavy (non-hydrogen) atoms. The number of nitrogens with two attached hydrogens (primary N) is 1. The van der Waals surface area contributed by atoms with Crippen molar-refractivity contribution in [1.29, 1.82) is 0 Å². The summed E-state index contributed by atoms with van der Waals surface area (Å²) in [6.45, 7) is -0.0395. The molecule has 0 radical (unpaired) electrons. The van der Waals surface area contributed by atoms with E-state index in [4.69, 9.17) is 5.73 Å². The minimum atomic E-state index is -2.49. The van der Waals surface area contributed by atoms with Crippen molar-refractivity contribution in [1.82, 2.24) is 14.8 Å². The molecule has 116 valence electrons. The Morgan fingerprint density at radius 1 is 1.52 bits per heavy atom. The van der Waals surface area contributed by atoms with Gasteiger partial charge in [0.25, 0.3) is 12.3 Å². The van der Waals surface area contributed by atoms with E-state index in [9.17, 15) is 13.6 Å². The number of halogens is 3. The zero-order chi connectivity index (χ0) is 14.5. The molecule has 0 fully saturated rings. The molecule has 0 saturated heterocycles. The molecule has 0 saturated carbocycles. The van der Waals surface area contributed by atoms with Gasteiger partial charge < -0.3 is 11.1 Å². The lowest BCUT2D eigenvalue weighted by Crippen LogP contribution is -2.12. The third-order valence-electron chi connectivity index (χ3n) is 2.36. The molecule has 0 aromatic carbocycles. The van der Waals surface area contributed by atoms with Gasteiger partial charge in [-0.2, -0.15) is 5.10 Å². The first kappa shape index (κ1) is 17.5. The van der Waals surface area contributed by atoms with E-state index in [-0.39, 0.29) is 18.1 Å². The minimum absolute atomic E-state index is 0. The topological polar surface area (TPSA) is 85.8 Å². The summed E-state index contributed by atoms with van der Waals surface area (Å²) in [5.74, 6) is -0.402. The molecule has 1 amide bonds. The third kappa shape index (κ3) is 5.03. The van der Waals surface area contributed by atoms with E-state index in [2.05, 4.69) is 15.4 Å². The molecule has 10 heteroatoms. The average molecular weight is 338 g/mol. The minimum Gasteiger partial charge on any atom is -0.330 e. The maximum atomic E-state index is 12.2. The molecule has 0 aliphatic heterocycles. The molecule has 0 atom stereocenters. The van der Waals surface area contributed by atoms with Gasteiger partial charge >= 0.3 is 0 Å². The number of alkyl halides is 2. The Morgan fingerprint density at radius 2 is 2.29 bits per heavy atom. The van der Waals surface area contributed by atoms with Crippen LogP contribution in [0.25, 0.3) is 0 Å². The number of nitrogens with zero attached hydrogens (tertiary/aromatic N) is 3. The first-order valence-electron chi connectivity index (χ1n) is 5.85. The Balaban J connectivity index is 0.00000220. The Kier molecular flexibility index (Phi) is 6.66. The van der Waals surface area contributed by atoms with Crippen LogP contribution >= 0.6 is 23.7 Å². The molecular weight excluding hydrogens is 324 g/mol. The predicted octanol–water partition coefficient (Wildman–Crippen LogP) is 1.78. The van der Waals surface area contributed by atoms with E-state index in [1.165, 1.54) is 23.7 Å². The Labute approximate surface area is 129 Å². The van der Waals surface area contributed by atoms with Crippen LogP contribution in [0, 0.1) is 0 Å². The summed E-state index contributed by atoms with van der Waals surface area (Å²) in [6, 6.07) is 0. The SMILES string of the molecule is Cl.NCCc1nc(C(=O)Nc2cnn(CC(F)F)c2)cs1. The Morgan fingerprint density at radius 3 is 2.95 bits per heavy atom. The lowest BCUT2D eigenvalue weighted by Gasteiger charge is -1.99. The number of hydrogen-bond donors (Lipinski definition) is 2. The van der Waals surface area contributed by atoms with E-state index in [1.807, 2.05) is 0 Å². The molecule has 0 aliphatic rings. The smallest absolute Gasteiger partial charge is 0.275 e. The van der Waals surface area contributed by atoms with Crippen molar-refractivity contribution < 1.29 is 13.6 Å². The maximum Gasteiger partial charge on any atom is 0.275 e. The van der Waals surface area contributed by atoms with Gasteiger partial charge in [-0.3, -0.25) is 9.48 Å². The molecule has 0 bridgehead atoms. The highest BCUT2D eigenvalue weighted by atomic mass is 35.5. The van der Waals surface area contributed by atoms with E-state index >= 15 is 0 Å². The van der Waals surface area contributed by atoms with Crippen molar-refractivity contribution in [2.75, 3.05) is 11.9 Å². The zero-order valence-corrected chi connectivity index (χ0v) is 12.5. The average Bonchev–Trinajstić information content (AvgIpc) is 2.99. The fraction of sp³-hybridized carbons (Fsp3) is 0.364. The summed E-state index contributed by atoms with van der Waals surface area (Å²) in [5, 5.41) is 8.69. The number of carbonyl (C=O) groups excluding carboxylic acids is 1. The fourth-order valence-corrected chi connectivity index (χ4v) is 2.31. The summed E-state index contributed by atoms with van der Waals surface area (Å²) in [4.78, 5) is 16.0. The van der Waals surface area contributed by atoms with E-state index in [1.54, 1.807) is 5.38 Å². The lowest BCUT2D eigenvalue weighted by molar-refractivity contribution is 0.102. The van der Waals surface area contributed by atoms with Crippen LogP contribution in [-0.4, -0.2) is 33.6 Å². The Bertz CT molecular complexity index is 589. The number of rotatable bonds is 6. The second-order valence-corrected chi connectivity index (χ2v) is 4.90. The van der Waals surface area contributed by atoms with Gasteiger partial charge in [0, 0.05) is 18.0 Å². The van der Waals surface area contributed by atoms with Crippen LogP contribution in [0.5, 0.6) is 0 Å². The lowest BCUT2D eigenvalue weighted by atomic mass is 10.4. The molecule has 0 aliphatic carbocycles. The number of thiazole rings is 1. The molecule has 2 aromatic rings. The van der Waals surface area contributed by atoms with Crippen LogP contribution in [0.2, 0.25) is 0 Å². The zero-order valence-electron chi connectivity index (χ0n) is 10.8. The standard InChI is InChI=1S/C11H13F2N5OS.ClH/c12-9(13)5-18-4-7(3-15-18)16-11(19)8-6-20-10(17-8)1-2-14;/h3-4,6,9H,1-2,5,14H2,(H,16,19);1H. The van der Waals surface area contributed by atoms with Crippen LogP contribution in [0.4, 0.5) is 14.5 Å². The number of hydrogen-bond acceptors (Lipinski definition) is 5. The summed E-state index contributed by atoms with van der Waals surface area (Å²) in [6.07, 6.45) is 0.783. The van der Waals surface area contributed by atoms with Crippen LogP contribution in [0.15, 0.2) is 17.8 Å². The highest BCUT2D eigenvalue weighted by Gasteiger charge is 2.12. The van der Waals surface area contributed by atoms with Gasteiger partial charge in [0.2, 0.25) is 0 Å². The van der Waals surface area contributed by atoms with Crippen LogP contribution in [0.1, 0.15) is 15.5 Å². The van der Waals surface area contributed by atoms with E-state index in [0.717, 1.165) is 9.69 Å². The van der Waals surface area contributed by atoms with E-state index in [0.29, 0.717) is 18.7 Å². The van der Waals surface area contributed by atoms with Crippen molar-refractivity contribution in [3.63, 3.8) is 0 Å². The van der Waals surface area contributed by atoms with Gasteiger partial charge in [-0.25, -0.2) is 13.8 Å². The van der Waals surface area contributed by atoms with Gasteiger partial charge in [0.15, 0.2) is 0 Å². The van der Waals surface area contributed by atoms with Gasteiger partial charge in [-0.15, -0.1) is 23.7 Å². The molecule has 0 unspecified atom stereocenters. The van der Waals surface area contributed by atoms with Gasteiger partial charge in [-0.1, -0.05) is 0 Å². The van der Waals surface area contributed by atoms with Crippen molar-refractivity contribution in [2.24, 2.45) is 5.73 Å². The molecule has 2 aromatic heterocycles. The molecule has 0 spiro atoms. The number of carbonyl (C=O) groups is 1. The van der Waals surface area contributed by atoms with Crippen molar-refractivity contribution in [3.8, 4) is 0 Å². The molecule has 2 heterocycles. The van der Waals surface area contributed by atoms with Crippen LogP contribution in [-0.2, 0) is 13.0 Å². The predicted molar refractivity (Wildman–Crippen MR) is 78.3 cm³/mol. The summed E-state index contributed by atoms with van der Waals surface area (Å²) < 4.78 is 25.4. The van der Waals surface area contributed by atoms with Gasteiger partial charge in [0.1, 0.15) is 12.2 Å². The molecule has 6 nitrogen and oxygen atoms in total. The van der Waals surface area contributed by atoms with Crippen LogP contribution < -0.4 is 11.1 Å². The molecule has 2 rings (SSSR count). The second-order valence-electron chi connectivity index (χ2n) is 3.96. The third-order valence-corrected chi connectivity index (χ3v) is 3.27. The Hall–Kier alpha value is -1.58. The first-order valence-corrected chi connectivity index (χ1v) is 6.73. The van der Waals surface area contributed by atoms with Crippen molar-refractivity contribution >= 4 is 35.3 Å².